The maximum absolute atomic E-state index is 12.2. The summed E-state index contributed by atoms with van der Waals surface area (Å²) in [7, 11) is -3.49. The van der Waals surface area contributed by atoms with E-state index >= 15 is 0 Å². The number of amides is 2. The van der Waals surface area contributed by atoms with Crippen LogP contribution in [-0.2, 0) is 19.4 Å². The van der Waals surface area contributed by atoms with Crippen LogP contribution in [0.2, 0.25) is 0 Å². The van der Waals surface area contributed by atoms with Crippen molar-refractivity contribution in [3.05, 3.63) is 29.8 Å². The minimum absolute atomic E-state index is 0.111. The number of hydrogen-bond acceptors (Lipinski definition) is 4. The van der Waals surface area contributed by atoms with Gasteiger partial charge in [0.15, 0.2) is 9.84 Å². The summed E-state index contributed by atoms with van der Waals surface area (Å²) in [4.78, 5) is 23.9. The molecule has 0 unspecified atom stereocenters. The highest BCUT2D eigenvalue weighted by molar-refractivity contribution is 7.91. The van der Waals surface area contributed by atoms with E-state index in [9.17, 15) is 18.0 Å². The van der Waals surface area contributed by atoms with Crippen molar-refractivity contribution in [3.63, 3.8) is 0 Å². The smallest absolute Gasteiger partial charge is 0.239 e. The number of aryl methyl sites for hydroxylation is 1. The Morgan fingerprint density at radius 1 is 1.04 bits per heavy atom. The predicted molar refractivity (Wildman–Crippen MR) is 95.9 cm³/mol. The van der Waals surface area contributed by atoms with E-state index < -0.39 is 15.7 Å². The lowest BCUT2D eigenvalue weighted by molar-refractivity contribution is -0.126. The lowest BCUT2D eigenvalue weighted by Gasteiger charge is -2.22. The van der Waals surface area contributed by atoms with Gasteiger partial charge >= 0.3 is 0 Å². The van der Waals surface area contributed by atoms with Gasteiger partial charge in [-0.1, -0.05) is 37.0 Å². The number of nitrogens with one attached hydrogen (secondary N) is 2. The molecule has 0 aromatic heterocycles. The van der Waals surface area contributed by atoms with Gasteiger partial charge in [0.05, 0.1) is 17.2 Å². The van der Waals surface area contributed by atoms with Crippen molar-refractivity contribution in [3.8, 4) is 0 Å². The summed E-state index contributed by atoms with van der Waals surface area (Å²) >= 11 is 0. The summed E-state index contributed by atoms with van der Waals surface area (Å²) < 4.78 is 24.4. The molecule has 0 heterocycles. The van der Waals surface area contributed by atoms with E-state index in [2.05, 4.69) is 10.6 Å². The largest absolute Gasteiger partial charge is 0.352 e. The van der Waals surface area contributed by atoms with Gasteiger partial charge in [-0.15, -0.1) is 0 Å². The Kier molecular flexibility index (Phi) is 6.99. The average molecular weight is 366 g/mol. The van der Waals surface area contributed by atoms with Crippen LogP contribution in [0.3, 0.4) is 0 Å². The van der Waals surface area contributed by atoms with Crippen molar-refractivity contribution < 1.29 is 18.0 Å². The van der Waals surface area contributed by atoms with Crippen LogP contribution in [0.5, 0.6) is 0 Å². The van der Waals surface area contributed by atoms with Gasteiger partial charge in [0, 0.05) is 12.5 Å². The quantitative estimate of drug-likeness (QED) is 0.768. The van der Waals surface area contributed by atoms with Crippen LogP contribution >= 0.6 is 0 Å². The highest BCUT2D eigenvalue weighted by Gasteiger charge is 2.18. The second-order valence-corrected chi connectivity index (χ2v) is 8.67. The Morgan fingerprint density at radius 2 is 1.68 bits per heavy atom. The summed E-state index contributed by atoms with van der Waals surface area (Å²) in [5.41, 5.74) is 0.973. The van der Waals surface area contributed by atoms with Crippen molar-refractivity contribution in [2.24, 2.45) is 0 Å². The molecule has 25 heavy (non-hydrogen) atoms. The van der Waals surface area contributed by atoms with E-state index in [4.69, 9.17) is 0 Å². The summed E-state index contributed by atoms with van der Waals surface area (Å²) in [5, 5.41) is 5.40. The molecule has 1 aromatic rings. The molecule has 0 bridgehead atoms. The summed E-state index contributed by atoms with van der Waals surface area (Å²) in [6, 6.07) is 6.73. The topological polar surface area (TPSA) is 92.3 Å². The fourth-order valence-corrected chi connectivity index (χ4v) is 4.12. The second-order valence-electron chi connectivity index (χ2n) is 6.56. The molecule has 1 aliphatic rings. The molecule has 0 aliphatic heterocycles. The zero-order valence-electron chi connectivity index (χ0n) is 14.6. The minimum atomic E-state index is -3.49. The van der Waals surface area contributed by atoms with Crippen molar-refractivity contribution in [2.75, 3.05) is 12.3 Å². The van der Waals surface area contributed by atoms with Gasteiger partial charge in [0.2, 0.25) is 11.8 Å². The van der Waals surface area contributed by atoms with Gasteiger partial charge in [-0.25, -0.2) is 8.42 Å². The van der Waals surface area contributed by atoms with E-state index in [1.807, 2.05) is 6.92 Å². The Bertz CT molecular complexity index is 692. The molecule has 1 aliphatic carbocycles. The van der Waals surface area contributed by atoms with Crippen LogP contribution in [0.4, 0.5) is 0 Å². The van der Waals surface area contributed by atoms with Crippen LogP contribution in [0.15, 0.2) is 29.2 Å². The van der Waals surface area contributed by atoms with Gasteiger partial charge in [-0.3, -0.25) is 9.59 Å². The molecule has 0 spiro atoms. The van der Waals surface area contributed by atoms with Crippen molar-refractivity contribution in [1.82, 2.24) is 10.6 Å². The van der Waals surface area contributed by atoms with Gasteiger partial charge in [0.1, 0.15) is 0 Å². The highest BCUT2D eigenvalue weighted by Crippen LogP contribution is 2.17. The summed E-state index contributed by atoms with van der Waals surface area (Å²) in [6.45, 7) is 1.77. The Balaban J connectivity index is 1.72. The molecule has 138 valence electrons. The monoisotopic (exact) mass is 366 g/mol. The number of carbonyl (C=O) groups is 2. The zero-order chi connectivity index (χ0) is 18.3. The van der Waals surface area contributed by atoms with Crippen molar-refractivity contribution >= 4 is 21.7 Å². The van der Waals surface area contributed by atoms with Gasteiger partial charge < -0.3 is 10.6 Å². The molecule has 1 aromatic carbocycles. The van der Waals surface area contributed by atoms with Crippen LogP contribution < -0.4 is 10.6 Å². The molecule has 7 heteroatoms. The maximum atomic E-state index is 12.2. The van der Waals surface area contributed by atoms with Crippen LogP contribution in [-0.4, -0.2) is 38.6 Å². The van der Waals surface area contributed by atoms with Gasteiger partial charge in [-0.05, 0) is 31.9 Å². The van der Waals surface area contributed by atoms with E-state index in [1.54, 1.807) is 24.3 Å². The number of hydrogen-bond donors (Lipinski definition) is 2. The first-order chi connectivity index (χ1) is 11.9. The molecule has 2 amide bonds. The normalized spacial score (nSPS) is 15.6. The molecule has 2 rings (SSSR count). The molecular weight excluding hydrogens is 340 g/mol. The Labute approximate surface area is 149 Å². The lowest BCUT2D eigenvalue weighted by Crippen LogP contribution is -2.42. The van der Waals surface area contributed by atoms with Gasteiger partial charge in [-0.2, -0.15) is 0 Å². The first-order valence-electron chi connectivity index (χ1n) is 8.72. The number of sulfone groups is 1. The highest BCUT2D eigenvalue weighted by atomic mass is 32.2. The third-order valence-electron chi connectivity index (χ3n) is 4.39. The predicted octanol–water partition coefficient (Wildman–Crippen LogP) is 1.72. The fraction of sp³-hybridized carbons (Fsp3) is 0.556. The van der Waals surface area contributed by atoms with E-state index in [0.29, 0.717) is 0 Å². The number of rotatable bonds is 7. The zero-order valence-corrected chi connectivity index (χ0v) is 15.4. The Morgan fingerprint density at radius 3 is 2.32 bits per heavy atom. The summed E-state index contributed by atoms with van der Waals surface area (Å²) in [6.07, 6.45) is 5.25. The lowest BCUT2D eigenvalue weighted by atomic mass is 9.95. The molecule has 6 nitrogen and oxygen atoms in total. The van der Waals surface area contributed by atoms with E-state index in [0.717, 1.165) is 31.2 Å². The number of carbonyl (C=O) groups excluding carboxylic acids is 2. The van der Waals surface area contributed by atoms with Crippen LogP contribution in [0.1, 0.15) is 44.1 Å². The average Bonchev–Trinajstić information content (AvgIpc) is 2.59. The fourth-order valence-electron chi connectivity index (χ4n) is 2.88. The summed E-state index contributed by atoms with van der Waals surface area (Å²) in [5.74, 6) is -0.928. The molecule has 1 saturated carbocycles. The second kappa shape index (κ2) is 8.99. The third-order valence-corrected chi connectivity index (χ3v) is 6.13. The van der Waals surface area contributed by atoms with E-state index in [-0.39, 0.29) is 35.6 Å². The molecule has 0 radical (unpaired) electrons. The maximum Gasteiger partial charge on any atom is 0.239 e. The molecule has 0 atom stereocenters. The van der Waals surface area contributed by atoms with Gasteiger partial charge in [0.25, 0.3) is 0 Å². The van der Waals surface area contributed by atoms with E-state index in [1.165, 1.54) is 6.42 Å². The van der Waals surface area contributed by atoms with Crippen LogP contribution in [0.25, 0.3) is 0 Å². The molecule has 1 fully saturated rings. The standard InChI is InChI=1S/C18H26N2O4S/c1-14-7-9-16(10-8-14)25(23,24)12-11-17(21)19-13-18(22)20-15-5-3-2-4-6-15/h7-10,15H,2-6,11-13H2,1H3,(H,19,21)(H,20,22). The first kappa shape index (κ1) is 19.4. The van der Waals surface area contributed by atoms with Crippen molar-refractivity contribution in [2.45, 2.75) is 56.4 Å². The molecular formula is C18H26N2O4S. The minimum Gasteiger partial charge on any atom is -0.352 e. The Hall–Kier alpha value is -1.89. The number of benzene rings is 1. The van der Waals surface area contributed by atoms with Crippen LogP contribution in [0, 0.1) is 6.92 Å². The first-order valence-corrected chi connectivity index (χ1v) is 10.4. The van der Waals surface area contributed by atoms with Crippen molar-refractivity contribution in [1.29, 1.82) is 0 Å². The third kappa shape index (κ3) is 6.49. The SMILES string of the molecule is Cc1ccc(S(=O)(=O)CCC(=O)NCC(=O)NC2CCCCC2)cc1. The molecule has 2 N–H and O–H groups in total. The molecule has 0 saturated heterocycles.